The summed E-state index contributed by atoms with van der Waals surface area (Å²) in [6.45, 7) is 1.76. The molecule has 6 heteroatoms. The molecule has 20 heavy (non-hydrogen) atoms. The van der Waals surface area contributed by atoms with Crippen LogP contribution in [0.5, 0.6) is 0 Å². The van der Waals surface area contributed by atoms with Gasteiger partial charge in [-0.2, -0.15) is 18.3 Å². The average Bonchev–Trinajstić information content (AvgIpc) is 2.45. The molecular formula is C14H12F3N3. The van der Waals surface area contributed by atoms with E-state index in [1.165, 1.54) is 12.1 Å². The van der Waals surface area contributed by atoms with Crippen molar-refractivity contribution in [2.24, 2.45) is 5.10 Å². The van der Waals surface area contributed by atoms with E-state index in [-0.39, 0.29) is 0 Å². The first-order valence-corrected chi connectivity index (χ1v) is 5.86. The molecular weight excluding hydrogens is 267 g/mol. The minimum Gasteiger partial charge on any atom is -0.278 e. The van der Waals surface area contributed by atoms with Crippen molar-refractivity contribution in [1.82, 2.24) is 4.98 Å². The number of hydrogen-bond acceptors (Lipinski definition) is 3. The van der Waals surface area contributed by atoms with Crippen molar-refractivity contribution >= 4 is 11.4 Å². The molecule has 104 valence electrons. The molecule has 0 aliphatic carbocycles. The molecule has 2 aromatic rings. The van der Waals surface area contributed by atoms with Crippen LogP contribution < -0.4 is 5.43 Å². The second-order valence-electron chi connectivity index (χ2n) is 4.10. The highest BCUT2D eigenvalue weighted by molar-refractivity contribution is 5.97. The predicted molar refractivity (Wildman–Crippen MR) is 71.5 cm³/mol. The van der Waals surface area contributed by atoms with E-state index in [1.807, 2.05) is 6.07 Å². The molecule has 0 amide bonds. The molecule has 1 aromatic carbocycles. The van der Waals surface area contributed by atoms with Gasteiger partial charge in [-0.05, 0) is 43.3 Å². The van der Waals surface area contributed by atoms with Crippen molar-refractivity contribution in [2.45, 2.75) is 13.1 Å². The van der Waals surface area contributed by atoms with E-state index >= 15 is 0 Å². The molecule has 0 aliphatic heterocycles. The Morgan fingerprint density at radius 2 is 1.80 bits per heavy atom. The van der Waals surface area contributed by atoms with Gasteiger partial charge in [-0.3, -0.25) is 10.4 Å². The van der Waals surface area contributed by atoms with Crippen LogP contribution in [0.3, 0.4) is 0 Å². The Balaban J connectivity index is 2.08. The number of rotatable bonds is 3. The Kier molecular flexibility index (Phi) is 4.02. The van der Waals surface area contributed by atoms with Gasteiger partial charge in [-0.15, -0.1) is 0 Å². The third-order valence-electron chi connectivity index (χ3n) is 2.60. The number of aromatic nitrogens is 1. The highest BCUT2D eigenvalue weighted by Crippen LogP contribution is 2.29. The summed E-state index contributed by atoms with van der Waals surface area (Å²) in [6.07, 6.45) is -2.68. The van der Waals surface area contributed by atoms with E-state index < -0.39 is 11.7 Å². The molecule has 3 nitrogen and oxygen atoms in total. The molecule has 0 fully saturated rings. The minimum atomic E-state index is -4.33. The largest absolute Gasteiger partial charge is 0.416 e. The zero-order valence-electron chi connectivity index (χ0n) is 10.6. The molecule has 1 heterocycles. The van der Waals surface area contributed by atoms with Crippen LogP contribution in [0.2, 0.25) is 0 Å². The Morgan fingerprint density at radius 3 is 2.35 bits per heavy atom. The molecule has 0 spiro atoms. The van der Waals surface area contributed by atoms with Crippen LogP contribution in [0.15, 0.2) is 53.8 Å². The summed E-state index contributed by atoms with van der Waals surface area (Å²) < 4.78 is 37.2. The van der Waals surface area contributed by atoms with E-state index in [4.69, 9.17) is 0 Å². The number of hydrazone groups is 1. The molecule has 1 aromatic heterocycles. The molecule has 1 N–H and O–H groups in total. The van der Waals surface area contributed by atoms with Gasteiger partial charge in [0.05, 0.1) is 22.7 Å². The van der Waals surface area contributed by atoms with Crippen LogP contribution >= 0.6 is 0 Å². The molecule has 2 rings (SSSR count). The second kappa shape index (κ2) is 5.73. The Morgan fingerprint density at radius 1 is 1.10 bits per heavy atom. The van der Waals surface area contributed by atoms with Crippen molar-refractivity contribution in [3.8, 4) is 0 Å². The van der Waals surface area contributed by atoms with Crippen LogP contribution in [0.4, 0.5) is 18.9 Å². The lowest BCUT2D eigenvalue weighted by atomic mass is 10.2. The predicted octanol–water partition coefficient (Wildman–Crippen LogP) is 3.94. The Labute approximate surface area is 114 Å². The number of nitrogens with zero attached hydrogens (tertiary/aromatic N) is 2. The fourth-order valence-corrected chi connectivity index (χ4v) is 1.52. The lowest BCUT2D eigenvalue weighted by Gasteiger charge is -2.07. The maximum Gasteiger partial charge on any atom is 0.416 e. The van der Waals surface area contributed by atoms with Crippen LogP contribution in [-0.4, -0.2) is 10.7 Å². The van der Waals surface area contributed by atoms with Crippen molar-refractivity contribution in [1.29, 1.82) is 0 Å². The van der Waals surface area contributed by atoms with E-state index in [1.54, 1.807) is 25.3 Å². The Bertz CT molecular complexity index is 589. The van der Waals surface area contributed by atoms with Crippen LogP contribution in [-0.2, 0) is 6.18 Å². The molecule has 0 bridgehead atoms. The summed E-state index contributed by atoms with van der Waals surface area (Å²) in [5.74, 6) is 0. The Hall–Kier alpha value is -2.37. The number of benzene rings is 1. The second-order valence-corrected chi connectivity index (χ2v) is 4.10. The summed E-state index contributed by atoms with van der Waals surface area (Å²) in [6, 6.07) is 10.1. The molecule has 0 unspecified atom stereocenters. The van der Waals surface area contributed by atoms with E-state index in [0.29, 0.717) is 17.1 Å². The van der Waals surface area contributed by atoms with Crippen molar-refractivity contribution in [3.63, 3.8) is 0 Å². The average molecular weight is 279 g/mol. The maximum absolute atomic E-state index is 12.4. The number of hydrogen-bond donors (Lipinski definition) is 1. The first kappa shape index (κ1) is 14.0. The summed E-state index contributed by atoms with van der Waals surface area (Å²) >= 11 is 0. The smallest absolute Gasteiger partial charge is 0.278 e. The molecule has 0 radical (unpaired) electrons. The number of alkyl halides is 3. The van der Waals surface area contributed by atoms with Gasteiger partial charge in [0, 0.05) is 6.20 Å². The van der Waals surface area contributed by atoms with Gasteiger partial charge in [0.25, 0.3) is 0 Å². The highest BCUT2D eigenvalue weighted by atomic mass is 19.4. The topological polar surface area (TPSA) is 37.3 Å². The van der Waals surface area contributed by atoms with Crippen molar-refractivity contribution in [3.05, 3.63) is 59.9 Å². The molecule has 0 saturated carbocycles. The summed E-state index contributed by atoms with van der Waals surface area (Å²) in [7, 11) is 0. The fraction of sp³-hybridized carbons (Fsp3) is 0.143. The first-order chi connectivity index (χ1) is 9.47. The minimum absolute atomic E-state index is 0.480. The maximum atomic E-state index is 12.4. The number of pyridine rings is 1. The molecule has 0 aliphatic rings. The molecule has 0 saturated heterocycles. The van der Waals surface area contributed by atoms with Crippen molar-refractivity contribution in [2.75, 3.05) is 5.43 Å². The van der Waals surface area contributed by atoms with Gasteiger partial charge < -0.3 is 0 Å². The highest BCUT2D eigenvalue weighted by Gasteiger charge is 2.29. The van der Waals surface area contributed by atoms with Crippen LogP contribution in [0.1, 0.15) is 18.2 Å². The van der Waals surface area contributed by atoms with Gasteiger partial charge in [-0.1, -0.05) is 6.07 Å². The zero-order chi connectivity index (χ0) is 14.6. The first-order valence-electron chi connectivity index (χ1n) is 5.86. The zero-order valence-corrected chi connectivity index (χ0v) is 10.6. The van der Waals surface area contributed by atoms with E-state index in [2.05, 4.69) is 15.5 Å². The molecule has 0 atom stereocenters. The van der Waals surface area contributed by atoms with Crippen molar-refractivity contribution < 1.29 is 13.2 Å². The van der Waals surface area contributed by atoms with Gasteiger partial charge >= 0.3 is 6.18 Å². The lowest BCUT2D eigenvalue weighted by Crippen LogP contribution is -2.05. The van der Waals surface area contributed by atoms with Gasteiger partial charge in [0.1, 0.15) is 0 Å². The lowest BCUT2D eigenvalue weighted by molar-refractivity contribution is -0.137. The normalized spacial score (nSPS) is 12.3. The number of anilines is 1. The van der Waals surface area contributed by atoms with E-state index in [0.717, 1.165) is 12.1 Å². The standard InChI is InChI=1S/C14H12F3N3/c1-10(13-4-2-3-9-18-13)19-20-12-7-5-11(6-8-12)14(15,16)17/h2-9,20H,1H3. The van der Waals surface area contributed by atoms with Crippen LogP contribution in [0, 0.1) is 0 Å². The van der Waals surface area contributed by atoms with Crippen LogP contribution in [0.25, 0.3) is 0 Å². The van der Waals surface area contributed by atoms with Gasteiger partial charge in [-0.25, -0.2) is 0 Å². The summed E-state index contributed by atoms with van der Waals surface area (Å²) in [5.41, 5.74) is 3.84. The van der Waals surface area contributed by atoms with E-state index in [9.17, 15) is 13.2 Å². The monoisotopic (exact) mass is 279 g/mol. The SMILES string of the molecule is CC(=NNc1ccc(C(F)(F)F)cc1)c1ccccn1. The third kappa shape index (κ3) is 3.57. The van der Waals surface area contributed by atoms with Gasteiger partial charge in [0.15, 0.2) is 0 Å². The fourth-order valence-electron chi connectivity index (χ4n) is 1.52. The quantitative estimate of drug-likeness (QED) is 0.682. The summed E-state index contributed by atoms with van der Waals surface area (Å²) in [5, 5.41) is 4.08. The van der Waals surface area contributed by atoms with Gasteiger partial charge in [0.2, 0.25) is 0 Å². The summed E-state index contributed by atoms with van der Waals surface area (Å²) in [4.78, 5) is 4.12. The third-order valence-corrected chi connectivity index (χ3v) is 2.60. The number of halogens is 3. The number of nitrogens with one attached hydrogen (secondary N) is 1.